The van der Waals surface area contributed by atoms with Crippen LogP contribution < -0.4 is 10.6 Å². The van der Waals surface area contributed by atoms with Crippen LogP contribution in [0.25, 0.3) is 0 Å². The number of hydrogen-bond acceptors (Lipinski definition) is 5. The van der Waals surface area contributed by atoms with Crippen LogP contribution in [0.15, 0.2) is 0 Å². The van der Waals surface area contributed by atoms with Crippen molar-refractivity contribution in [2.45, 2.75) is 13.3 Å². The Balaban J connectivity index is 0.00000112. The van der Waals surface area contributed by atoms with E-state index in [1.807, 2.05) is 11.8 Å². The second-order valence-corrected chi connectivity index (χ2v) is 4.08. The van der Waals surface area contributed by atoms with E-state index in [2.05, 4.69) is 9.36 Å². The summed E-state index contributed by atoms with van der Waals surface area (Å²) >= 11 is 1.38. The number of anilines is 1. The van der Waals surface area contributed by atoms with Crippen molar-refractivity contribution in [3.8, 4) is 0 Å². The van der Waals surface area contributed by atoms with Crippen LogP contribution in [0.1, 0.15) is 12.7 Å². The Labute approximate surface area is 98.3 Å². The fourth-order valence-electron chi connectivity index (χ4n) is 1.33. The first-order valence-electron chi connectivity index (χ1n) is 4.57. The van der Waals surface area contributed by atoms with Crippen LogP contribution in [0.2, 0.25) is 0 Å². The second-order valence-electron chi connectivity index (χ2n) is 3.35. The molecule has 1 aromatic heterocycles. The zero-order valence-electron chi connectivity index (χ0n) is 8.34. The van der Waals surface area contributed by atoms with E-state index in [4.69, 9.17) is 5.73 Å². The molecule has 0 aromatic carbocycles. The first-order chi connectivity index (χ1) is 6.70. The van der Waals surface area contributed by atoms with Crippen LogP contribution in [-0.2, 0) is 11.2 Å². The molecular weight excluding hydrogens is 236 g/mol. The SMILES string of the molecule is CCc1nsc(N2CC(C(N)=O)C2)n1.Cl. The summed E-state index contributed by atoms with van der Waals surface area (Å²) < 4.78 is 4.18. The average molecular weight is 249 g/mol. The molecular formula is C8H13ClN4OS. The van der Waals surface area contributed by atoms with E-state index in [0.29, 0.717) is 13.1 Å². The van der Waals surface area contributed by atoms with Crippen LogP contribution in [0.4, 0.5) is 5.13 Å². The van der Waals surface area contributed by atoms with E-state index in [9.17, 15) is 4.79 Å². The Bertz CT molecular complexity index is 350. The number of primary amides is 1. The number of halogens is 1. The molecule has 1 amide bonds. The van der Waals surface area contributed by atoms with Gasteiger partial charge in [0, 0.05) is 31.0 Å². The quantitative estimate of drug-likeness (QED) is 0.843. The molecule has 0 atom stereocenters. The zero-order valence-corrected chi connectivity index (χ0v) is 9.98. The minimum absolute atomic E-state index is 0. The van der Waals surface area contributed by atoms with Gasteiger partial charge in [0.25, 0.3) is 0 Å². The van der Waals surface area contributed by atoms with Crippen LogP contribution in [0.5, 0.6) is 0 Å². The van der Waals surface area contributed by atoms with Crippen molar-refractivity contribution < 1.29 is 4.79 Å². The highest BCUT2D eigenvalue weighted by molar-refractivity contribution is 7.09. The van der Waals surface area contributed by atoms with Crippen molar-refractivity contribution in [2.75, 3.05) is 18.0 Å². The lowest BCUT2D eigenvalue weighted by molar-refractivity contribution is -0.122. The molecule has 5 nitrogen and oxygen atoms in total. The number of carbonyl (C=O) groups is 1. The van der Waals surface area contributed by atoms with Crippen molar-refractivity contribution in [1.82, 2.24) is 9.36 Å². The van der Waals surface area contributed by atoms with Crippen molar-refractivity contribution in [2.24, 2.45) is 11.7 Å². The Morgan fingerprint density at radius 3 is 2.80 bits per heavy atom. The minimum Gasteiger partial charge on any atom is -0.369 e. The molecule has 1 aromatic rings. The van der Waals surface area contributed by atoms with E-state index in [1.54, 1.807) is 0 Å². The van der Waals surface area contributed by atoms with Gasteiger partial charge < -0.3 is 10.6 Å². The van der Waals surface area contributed by atoms with E-state index >= 15 is 0 Å². The number of rotatable bonds is 3. The number of amides is 1. The molecule has 84 valence electrons. The summed E-state index contributed by atoms with van der Waals surface area (Å²) in [5, 5.41) is 0.902. The predicted molar refractivity (Wildman–Crippen MR) is 61.4 cm³/mol. The van der Waals surface area contributed by atoms with Gasteiger partial charge in [0.2, 0.25) is 11.0 Å². The predicted octanol–water partition coefficient (Wildman–Crippen LogP) is 0.444. The number of aromatic nitrogens is 2. The molecule has 7 heteroatoms. The normalized spacial score (nSPS) is 15.7. The van der Waals surface area contributed by atoms with Crippen molar-refractivity contribution in [3.63, 3.8) is 0 Å². The second kappa shape index (κ2) is 4.76. The van der Waals surface area contributed by atoms with Crippen LogP contribution >= 0.6 is 23.9 Å². The van der Waals surface area contributed by atoms with Gasteiger partial charge >= 0.3 is 0 Å². The van der Waals surface area contributed by atoms with E-state index in [1.165, 1.54) is 11.5 Å². The maximum absolute atomic E-state index is 10.8. The highest BCUT2D eigenvalue weighted by Gasteiger charge is 2.32. The molecule has 2 heterocycles. The van der Waals surface area contributed by atoms with Crippen molar-refractivity contribution in [1.29, 1.82) is 0 Å². The Kier molecular flexibility index (Phi) is 3.87. The highest BCUT2D eigenvalue weighted by atomic mass is 35.5. The fraction of sp³-hybridized carbons (Fsp3) is 0.625. The third kappa shape index (κ3) is 2.38. The fourth-order valence-corrected chi connectivity index (χ4v) is 2.10. The van der Waals surface area contributed by atoms with Crippen molar-refractivity contribution in [3.05, 3.63) is 5.82 Å². The molecule has 1 fully saturated rings. The maximum Gasteiger partial charge on any atom is 0.224 e. The van der Waals surface area contributed by atoms with Gasteiger partial charge in [-0.1, -0.05) is 6.92 Å². The van der Waals surface area contributed by atoms with E-state index in [-0.39, 0.29) is 24.2 Å². The third-order valence-electron chi connectivity index (χ3n) is 2.33. The molecule has 1 saturated heterocycles. The van der Waals surface area contributed by atoms with Crippen LogP contribution in [0, 0.1) is 5.92 Å². The first kappa shape index (κ1) is 12.2. The maximum atomic E-state index is 10.8. The molecule has 0 radical (unpaired) electrons. The van der Waals surface area contributed by atoms with Crippen molar-refractivity contribution >= 4 is 35.0 Å². The summed E-state index contributed by atoms with van der Waals surface area (Å²) in [5.74, 6) is 0.637. The largest absolute Gasteiger partial charge is 0.369 e. The number of nitrogens with two attached hydrogens (primary N) is 1. The summed E-state index contributed by atoms with van der Waals surface area (Å²) in [6.07, 6.45) is 0.851. The molecule has 15 heavy (non-hydrogen) atoms. The van der Waals surface area contributed by atoms with Gasteiger partial charge in [0.1, 0.15) is 5.82 Å². The average Bonchev–Trinajstić information content (AvgIpc) is 2.49. The summed E-state index contributed by atoms with van der Waals surface area (Å²) in [5.41, 5.74) is 5.17. The smallest absolute Gasteiger partial charge is 0.224 e. The molecule has 1 aliphatic heterocycles. The third-order valence-corrected chi connectivity index (χ3v) is 3.14. The van der Waals surface area contributed by atoms with E-state index < -0.39 is 0 Å². The number of carbonyl (C=O) groups excluding carboxylic acids is 1. The molecule has 0 spiro atoms. The Hall–Kier alpha value is -0.880. The minimum atomic E-state index is -0.221. The Morgan fingerprint density at radius 1 is 1.67 bits per heavy atom. The lowest BCUT2D eigenvalue weighted by Gasteiger charge is -2.36. The monoisotopic (exact) mass is 248 g/mol. The molecule has 1 aliphatic rings. The van der Waals surface area contributed by atoms with E-state index in [0.717, 1.165) is 17.4 Å². The standard InChI is InChI=1S/C8H12N4OS.ClH/c1-2-6-10-8(14-11-6)12-3-5(4-12)7(9)13;/h5H,2-4H2,1H3,(H2,9,13);1H. The molecule has 0 unspecified atom stereocenters. The Morgan fingerprint density at radius 2 is 2.33 bits per heavy atom. The number of aryl methyl sites for hydroxylation is 1. The number of hydrogen-bond donors (Lipinski definition) is 1. The van der Waals surface area contributed by atoms with Gasteiger partial charge in [-0.3, -0.25) is 4.79 Å². The summed E-state index contributed by atoms with van der Waals surface area (Å²) in [6, 6.07) is 0. The molecule has 0 aliphatic carbocycles. The summed E-state index contributed by atoms with van der Waals surface area (Å²) in [4.78, 5) is 17.1. The van der Waals surface area contributed by atoms with Gasteiger partial charge in [0.15, 0.2) is 0 Å². The lowest BCUT2D eigenvalue weighted by atomic mass is 10.0. The van der Waals surface area contributed by atoms with Gasteiger partial charge in [-0.15, -0.1) is 12.4 Å². The highest BCUT2D eigenvalue weighted by Crippen LogP contribution is 2.25. The van der Waals surface area contributed by atoms with Gasteiger partial charge in [0.05, 0.1) is 5.92 Å². The zero-order chi connectivity index (χ0) is 10.1. The van der Waals surface area contributed by atoms with Gasteiger partial charge in [-0.2, -0.15) is 4.37 Å². The molecule has 0 saturated carbocycles. The lowest BCUT2D eigenvalue weighted by Crippen LogP contribution is -2.52. The first-order valence-corrected chi connectivity index (χ1v) is 5.35. The molecule has 0 bridgehead atoms. The van der Waals surface area contributed by atoms with Gasteiger partial charge in [-0.25, -0.2) is 4.98 Å². The van der Waals surface area contributed by atoms with Crippen LogP contribution in [-0.4, -0.2) is 28.4 Å². The summed E-state index contributed by atoms with van der Waals surface area (Å²) in [7, 11) is 0. The summed E-state index contributed by atoms with van der Waals surface area (Å²) in [6.45, 7) is 3.40. The molecule has 2 N–H and O–H groups in total. The number of nitrogens with zero attached hydrogens (tertiary/aromatic N) is 3. The van der Waals surface area contributed by atoms with Crippen LogP contribution in [0.3, 0.4) is 0 Å². The van der Waals surface area contributed by atoms with Gasteiger partial charge in [-0.05, 0) is 0 Å². The molecule has 2 rings (SSSR count). The topological polar surface area (TPSA) is 72.1 Å².